The Morgan fingerprint density at radius 1 is 1.08 bits per heavy atom. The van der Waals surface area contributed by atoms with E-state index in [4.69, 9.17) is 5.73 Å². The molecule has 0 saturated heterocycles. The van der Waals surface area contributed by atoms with Crippen LogP contribution in [-0.4, -0.2) is 23.3 Å². The fourth-order valence-electron chi connectivity index (χ4n) is 2.74. The minimum atomic E-state index is -0.455. The second kappa shape index (κ2) is 7.13. The van der Waals surface area contributed by atoms with Gasteiger partial charge in [-0.15, -0.1) is 0 Å². The van der Waals surface area contributed by atoms with E-state index in [1.54, 1.807) is 18.2 Å². The molecule has 0 aliphatic carbocycles. The number of aryl methyl sites for hydroxylation is 1. The fourth-order valence-corrected chi connectivity index (χ4v) is 2.74. The predicted molar refractivity (Wildman–Crippen MR) is 97.5 cm³/mol. The third-order valence-corrected chi connectivity index (χ3v) is 4.07. The summed E-state index contributed by atoms with van der Waals surface area (Å²) in [6.07, 6.45) is 0.618. The van der Waals surface area contributed by atoms with Gasteiger partial charge >= 0.3 is 0 Å². The lowest BCUT2D eigenvalue weighted by Gasteiger charge is -2.09. The summed E-state index contributed by atoms with van der Waals surface area (Å²) >= 11 is 0. The molecule has 3 aromatic rings. The molecule has 0 aliphatic heterocycles. The highest BCUT2D eigenvalue weighted by molar-refractivity contribution is 5.98. The molecule has 3 N–H and O–H groups in total. The summed E-state index contributed by atoms with van der Waals surface area (Å²) in [5.74, 6) is -0.606. The first-order chi connectivity index (χ1) is 12.0. The first kappa shape index (κ1) is 16.6. The summed E-state index contributed by atoms with van der Waals surface area (Å²) in [6.45, 7) is 2.30. The Labute approximate surface area is 145 Å². The van der Waals surface area contributed by atoms with Crippen LogP contribution in [0.15, 0.2) is 54.6 Å². The zero-order valence-corrected chi connectivity index (χ0v) is 14.0. The lowest BCUT2D eigenvalue weighted by Crippen LogP contribution is -2.26. The number of rotatable bonds is 5. The molecule has 2 amide bonds. The number of para-hydroxylation sites is 1. The fraction of sp³-hybridized carbons (Fsp3) is 0.150. The number of primary amides is 1. The molecule has 5 nitrogen and oxygen atoms in total. The number of pyridine rings is 1. The Morgan fingerprint density at radius 3 is 2.68 bits per heavy atom. The van der Waals surface area contributed by atoms with E-state index in [2.05, 4.69) is 10.3 Å². The van der Waals surface area contributed by atoms with E-state index in [0.717, 1.165) is 16.5 Å². The van der Waals surface area contributed by atoms with Crippen LogP contribution in [0.4, 0.5) is 0 Å². The smallest absolute Gasteiger partial charge is 0.253 e. The molecule has 0 radical (unpaired) electrons. The van der Waals surface area contributed by atoms with Crippen LogP contribution in [0.25, 0.3) is 10.9 Å². The highest BCUT2D eigenvalue weighted by Crippen LogP contribution is 2.16. The SMILES string of the molecule is Cc1nc2ccccc2cc1C(=O)NCCc1cccc(C(N)=O)c1. The van der Waals surface area contributed by atoms with Crippen LogP contribution >= 0.6 is 0 Å². The molecule has 0 spiro atoms. The van der Waals surface area contributed by atoms with E-state index >= 15 is 0 Å². The minimum Gasteiger partial charge on any atom is -0.366 e. The molecule has 1 heterocycles. The summed E-state index contributed by atoms with van der Waals surface area (Å²) in [5, 5.41) is 3.84. The Morgan fingerprint density at radius 2 is 1.88 bits per heavy atom. The standard InChI is InChI=1S/C20H19N3O2/c1-13-17(12-15-6-2-3-8-18(15)23-13)20(25)22-10-9-14-5-4-7-16(11-14)19(21)24/h2-8,11-12H,9-10H2,1H3,(H2,21,24)(H,22,25). The largest absolute Gasteiger partial charge is 0.366 e. The number of nitrogens with two attached hydrogens (primary N) is 1. The van der Waals surface area contributed by atoms with Crippen molar-refractivity contribution < 1.29 is 9.59 Å². The third kappa shape index (κ3) is 3.83. The van der Waals surface area contributed by atoms with Gasteiger partial charge in [-0.05, 0) is 43.2 Å². The second-order valence-corrected chi connectivity index (χ2v) is 5.88. The van der Waals surface area contributed by atoms with Crippen molar-refractivity contribution in [2.75, 3.05) is 6.54 Å². The quantitative estimate of drug-likeness (QED) is 0.752. The number of carbonyl (C=O) groups excluding carboxylic acids is 2. The summed E-state index contributed by atoms with van der Waals surface area (Å²) in [7, 11) is 0. The van der Waals surface area contributed by atoms with Gasteiger partial charge in [-0.1, -0.05) is 30.3 Å². The monoisotopic (exact) mass is 333 g/mol. The Balaban J connectivity index is 1.68. The zero-order valence-electron chi connectivity index (χ0n) is 14.0. The zero-order chi connectivity index (χ0) is 17.8. The highest BCUT2D eigenvalue weighted by atomic mass is 16.2. The maximum Gasteiger partial charge on any atom is 0.253 e. The number of benzene rings is 2. The van der Waals surface area contributed by atoms with E-state index in [0.29, 0.717) is 29.8 Å². The van der Waals surface area contributed by atoms with Gasteiger partial charge < -0.3 is 11.1 Å². The summed E-state index contributed by atoms with van der Waals surface area (Å²) in [6, 6.07) is 16.7. The number of aromatic nitrogens is 1. The van der Waals surface area contributed by atoms with E-state index in [1.807, 2.05) is 43.3 Å². The number of hydrogen-bond acceptors (Lipinski definition) is 3. The van der Waals surface area contributed by atoms with Gasteiger partial charge in [0, 0.05) is 17.5 Å². The molecule has 0 atom stereocenters. The lowest BCUT2D eigenvalue weighted by atomic mass is 10.1. The van der Waals surface area contributed by atoms with Crippen LogP contribution in [0.2, 0.25) is 0 Å². The van der Waals surface area contributed by atoms with Gasteiger partial charge in [0.1, 0.15) is 0 Å². The number of nitrogens with one attached hydrogen (secondary N) is 1. The first-order valence-electron chi connectivity index (χ1n) is 8.08. The molecule has 0 unspecified atom stereocenters. The lowest BCUT2D eigenvalue weighted by molar-refractivity contribution is 0.0951. The Bertz CT molecular complexity index is 951. The molecule has 3 rings (SSSR count). The Hall–Kier alpha value is -3.21. The van der Waals surface area contributed by atoms with Crippen LogP contribution in [0, 0.1) is 6.92 Å². The molecule has 126 valence electrons. The molecule has 2 aromatic carbocycles. The van der Waals surface area contributed by atoms with Crippen LogP contribution < -0.4 is 11.1 Å². The summed E-state index contributed by atoms with van der Waals surface area (Å²) < 4.78 is 0. The molecular weight excluding hydrogens is 314 g/mol. The summed E-state index contributed by atoms with van der Waals surface area (Å²) in [5.41, 5.74) is 8.85. The van der Waals surface area contributed by atoms with Crippen LogP contribution in [0.1, 0.15) is 32.0 Å². The third-order valence-electron chi connectivity index (χ3n) is 4.07. The van der Waals surface area contributed by atoms with Crippen LogP contribution in [0.3, 0.4) is 0 Å². The van der Waals surface area contributed by atoms with Crippen molar-refractivity contribution in [3.8, 4) is 0 Å². The van der Waals surface area contributed by atoms with Gasteiger partial charge in [-0.3, -0.25) is 14.6 Å². The minimum absolute atomic E-state index is 0.151. The first-order valence-corrected chi connectivity index (χ1v) is 8.08. The van der Waals surface area contributed by atoms with Crippen molar-refractivity contribution in [3.05, 3.63) is 77.0 Å². The van der Waals surface area contributed by atoms with Crippen molar-refractivity contribution in [2.45, 2.75) is 13.3 Å². The average Bonchev–Trinajstić information content (AvgIpc) is 2.61. The number of amides is 2. The van der Waals surface area contributed by atoms with Gasteiger partial charge in [0.2, 0.25) is 5.91 Å². The normalized spacial score (nSPS) is 10.6. The summed E-state index contributed by atoms with van der Waals surface area (Å²) in [4.78, 5) is 28.1. The molecule has 0 bridgehead atoms. The van der Waals surface area contributed by atoms with Crippen molar-refractivity contribution in [2.24, 2.45) is 5.73 Å². The maximum atomic E-state index is 12.4. The molecule has 0 aliphatic rings. The number of fused-ring (bicyclic) bond motifs is 1. The van der Waals surface area contributed by atoms with Gasteiger partial charge in [-0.2, -0.15) is 0 Å². The van der Waals surface area contributed by atoms with Crippen molar-refractivity contribution in [1.82, 2.24) is 10.3 Å². The number of carbonyl (C=O) groups is 2. The van der Waals surface area contributed by atoms with Gasteiger partial charge in [0.15, 0.2) is 0 Å². The van der Waals surface area contributed by atoms with E-state index in [-0.39, 0.29) is 5.91 Å². The second-order valence-electron chi connectivity index (χ2n) is 5.88. The molecule has 5 heteroatoms. The van der Waals surface area contributed by atoms with Gasteiger partial charge in [-0.25, -0.2) is 0 Å². The van der Waals surface area contributed by atoms with Crippen molar-refractivity contribution in [1.29, 1.82) is 0 Å². The van der Waals surface area contributed by atoms with Gasteiger partial charge in [0.05, 0.1) is 16.8 Å². The van der Waals surface area contributed by atoms with Crippen molar-refractivity contribution >= 4 is 22.7 Å². The van der Waals surface area contributed by atoms with Crippen LogP contribution in [0.5, 0.6) is 0 Å². The molecular formula is C20H19N3O2. The maximum absolute atomic E-state index is 12.4. The van der Waals surface area contributed by atoms with Gasteiger partial charge in [0.25, 0.3) is 5.91 Å². The molecule has 1 aromatic heterocycles. The number of nitrogens with zero attached hydrogens (tertiary/aromatic N) is 1. The molecule has 25 heavy (non-hydrogen) atoms. The van der Waals surface area contributed by atoms with Crippen molar-refractivity contribution in [3.63, 3.8) is 0 Å². The number of hydrogen-bond donors (Lipinski definition) is 2. The average molecular weight is 333 g/mol. The highest BCUT2D eigenvalue weighted by Gasteiger charge is 2.11. The van der Waals surface area contributed by atoms with E-state index < -0.39 is 5.91 Å². The Kier molecular flexibility index (Phi) is 4.75. The van der Waals surface area contributed by atoms with Crippen LogP contribution in [-0.2, 0) is 6.42 Å². The topological polar surface area (TPSA) is 85.1 Å². The predicted octanol–water partition coefficient (Wildman–Crippen LogP) is 2.61. The van der Waals surface area contributed by atoms with E-state index in [1.165, 1.54) is 0 Å². The molecule has 0 fully saturated rings. The van der Waals surface area contributed by atoms with E-state index in [9.17, 15) is 9.59 Å². The molecule has 0 saturated carbocycles.